The van der Waals surface area contributed by atoms with Crippen LogP contribution in [0.2, 0.25) is 0 Å². The van der Waals surface area contributed by atoms with Crippen LogP contribution in [0.3, 0.4) is 0 Å². The van der Waals surface area contributed by atoms with E-state index in [4.69, 9.17) is 5.73 Å². The van der Waals surface area contributed by atoms with Gasteiger partial charge in [-0.1, -0.05) is 12.1 Å². The minimum absolute atomic E-state index is 0.143. The van der Waals surface area contributed by atoms with Crippen LogP contribution in [0.5, 0.6) is 0 Å². The third-order valence-corrected chi connectivity index (χ3v) is 2.33. The lowest BCUT2D eigenvalue weighted by atomic mass is 10.2. The van der Waals surface area contributed by atoms with Crippen molar-refractivity contribution in [1.82, 2.24) is 0 Å². The maximum absolute atomic E-state index is 13.4. The number of rotatable bonds is 2. The van der Waals surface area contributed by atoms with Crippen LogP contribution < -0.4 is 11.1 Å². The first-order valence-electron chi connectivity index (χ1n) is 4.95. The Hall–Kier alpha value is -2.24. The molecule has 0 aliphatic carbocycles. The average molecular weight is 256 g/mol. The van der Waals surface area contributed by atoms with Gasteiger partial charge in [-0.2, -0.15) is 0 Å². The summed E-state index contributed by atoms with van der Waals surface area (Å²) in [6.45, 7) is 0. The summed E-state index contributed by atoms with van der Waals surface area (Å²) in [6, 6.07) is 6.22. The summed E-state index contributed by atoms with van der Waals surface area (Å²) in [5, 5.41) is 2.24. The van der Waals surface area contributed by atoms with Gasteiger partial charge in [0.25, 0.3) is 0 Å². The van der Waals surface area contributed by atoms with Crippen LogP contribution >= 0.6 is 0 Å². The summed E-state index contributed by atoms with van der Waals surface area (Å²) in [5.74, 6) is -5.97. The third kappa shape index (κ3) is 2.09. The predicted octanol–water partition coefficient (Wildman–Crippen LogP) is 3.57. The number of benzene rings is 2. The van der Waals surface area contributed by atoms with E-state index in [2.05, 4.69) is 5.32 Å². The van der Waals surface area contributed by atoms with E-state index in [-0.39, 0.29) is 17.4 Å². The van der Waals surface area contributed by atoms with Crippen LogP contribution in [0.15, 0.2) is 30.3 Å². The fraction of sp³-hybridized carbons (Fsp3) is 0. The minimum atomic E-state index is -1.50. The summed E-state index contributed by atoms with van der Waals surface area (Å²) in [5.41, 5.74) is 4.99. The number of halogens is 4. The molecule has 0 heterocycles. The molecule has 0 spiro atoms. The Bertz CT molecular complexity index is 573. The Balaban J connectivity index is 2.50. The molecular weight excluding hydrogens is 248 g/mol. The molecule has 2 rings (SSSR count). The van der Waals surface area contributed by atoms with Crippen LogP contribution in [0, 0.1) is 23.3 Å². The van der Waals surface area contributed by atoms with Gasteiger partial charge in [0.1, 0.15) is 5.69 Å². The van der Waals surface area contributed by atoms with Gasteiger partial charge >= 0.3 is 0 Å². The van der Waals surface area contributed by atoms with Gasteiger partial charge in [0.15, 0.2) is 23.3 Å². The molecule has 2 nitrogen and oxygen atoms in total. The quantitative estimate of drug-likeness (QED) is 0.489. The first-order valence-corrected chi connectivity index (χ1v) is 4.95. The highest BCUT2D eigenvalue weighted by Gasteiger charge is 2.19. The molecule has 0 amide bonds. The van der Waals surface area contributed by atoms with E-state index < -0.39 is 29.0 Å². The van der Waals surface area contributed by atoms with Crippen LogP contribution in [0.4, 0.5) is 34.6 Å². The van der Waals surface area contributed by atoms with Gasteiger partial charge in [0.2, 0.25) is 0 Å². The van der Waals surface area contributed by atoms with E-state index in [1.54, 1.807) is 12.1 Å². The number of nitrogen functional groups attached to an aromatic ring is 1. The molecule has 2 aromatic carbocycles. The second kappa shape index (κ2) is 4.56. The van der Waals surface area contributed by atoms with Crippen molar-refractivity contribution in [2.24, 2.45) is 0 Å². The number of anilines is 3. The second-order valence-electron chi connectivity index (χ2n) is 3.56. The summed E-state index contributed by atoms with van der Waals surface area (Å²) in [7, 11) is 0. The molecule has 0 aromatic heterocycles. The highest BCUT2D eigenvalue weighted by Crippen LogP contribution is 2.29. The topological polar surface area (TPSA) is 38.0 Å². The van der Waals surface area contributed by atoms with Crippen molar-refractivity contribution in [3.63, 3.8) is 0 Å². The Kier molecular flexibility index (Phi) is 3.10. The molecular formula is C12H8F4N2. The molecule has 0 radical (unpaired) electrons. The molecule has 0 saturated carbocycles. The average Bonchev–Trinajstić information content (AvgIpc) is 2.34. The van der Waals surface area contributed by atoms with E-state index >= 15 is 0 Å². The Labute approximate surface area is 100 Å². The van der Waals surface area contributed by atoms with Gasteiger partial charge in [-0.3, -0.25) is 0 Å². The van der Waals surface area contributed by atoms with Gasteiger partial charge in [-0.25, -0.2) is 17.6 Å². The van der Waals surface area contributed by atoms with E-state index in [0.717, 1.165) is 0 Å². The fourth-order valence-corrected chi connectivity index (χ4v) is 1.43. The molecule has 0 aliphatic heterocycles. The zero-order chi connectivity index (χ0) is 13.3. The van der Waals surface area contributed by atoms with Gasteiger partial charge in [0, 0.05) is 6.07 Å². The minimum Gasteiger partial charge on any atom is -0.397 e. The van der Waals surface area contributed by atoms with Crippen molar-refractivity contribution in [1.29, 1.82) is 0 Å². The molecule has 0 bridgehead atoms. The van der Waals surface area contributed by atoms with E-state index in [1.807, 2.05) is 0 Å². The van der Waals surface area contributed by atoms with Crippen molar-refractivity contribution in [3.05, 3.63) is 53.6 Å². The Morgan fingerprint density at radius 2 is 1.44 bits per heavy atom. The first kappa shape index (κ1) is 12.2. The lowest BCUT2D eigenvalue weighted by Crippen LogP contribution is -2.04. The van der Waals surface area contributed by atoms with Crippen molar-refractivity contribution < 1.29 is 17.6 Å². The summed E-state index contributed by atoms with van der Waals surface area (Å²) < 4.78 is 52.7. The lowest BCUT2D eigenvalue weighted by molar-refractivity contribution is 0.459. The standard InChI is InChI=1S/C12H8F4N2/c13-6-5-7(14)11(16)12(10(6)15)18-9-4-2-1-3-8(9)17/h1-5,18H,17H2. The van der Waals surface area contributed by atoms with Crippen LogP contribution in [0.25, 0.3) is 0 Å². The maximum Gasteiger partial charge on any atom is 0.185 e. The number of nitrogens with one attached hydrogen (secondary N) is 1. The highest BCUT2D eigenvalue weighted by atomic mass is 19.2. The predicted molar refractivity (Wildman–Crippen MR) is 60.4 cm³/mol. The van der Waals surface area contributed by atoms with E-state index in [9.17, 15) is 17.6 Å². The number of hydrogen-bond acceptors (Lipinski definition) is 2. The van der Waals surface area contributed by atoms with Crippen molar-refractivity contribution >= 4 is 17.1 Å². The van der Waals surface area contributed by atoms with Crippen molar-refractivity contribution in [2.75, 3.05) is 11.1 Å². The molecule has 94 valence electrons. The molecule has 3 N–H and O–H groups in total. The van der Waals surface area contributed by atoms with Gasteiger partial charge in [-0.05, 0) is 12.1 Å². The highest BCUT2D eigenvalue weighted by molar-refractivity contribution is 5.72. The van der Waals surface area contributed by atoms with E-state index in [0.29, 0.717) is 0 Å². The Morgan fingerprint density at radius 1 is 0.889 bits per heavy atom. The van der Waals surface area contributed by atoms with Gasteiger partial charge in [0.05, 0.1) is 11.4 Å². The molecule has 0 unspecified atom stereocenters. The molecule has 0 fully saturated rings. The van der Waals surface area contributed by atoms with E-state index in [1.165, 1.54) is 12.1 Å². The van der Waals surface area contributed by atoms with Crippen molar-refractivity contribution in [2.45, 2.75) is 0 Å². The van der Waals surface area contributed by atoms with Gasteiger partial charge in [-0.15, -0.1) is 0 Å². The molecule has 6 heteroatoms. The zero-order valence-corrected chi connectivity index (χ0v) is 8.98. The first-order chi connectivity index (χ1) is 8.50. The summed E-state index contributed by atoms with van der Waals surface area (Å²) >= 11 is 0. The largest absolute Gasteiger partial charge is 0.397 e. The molecule has 0 atom stereocenters. The summed E-state index contributed by atoms with van der Waals surface area (Å²) in [4.78, 5) is 0. The number of hydrogen-bond donors (Lipinski definition) is 2. The monoisotopic (exact) mass is 256 g/mol. The molecule has 2 aromatic rings. The smallest absolute Gasteiger partial charge is 0.185 e. The SMILES string of the molecule is Nc1ccccc1Nc1c(F)c(F)cc(F)c1F. The van der Waals surface area contributed by atoms with Crippen LogP contribution in [-0.2, 0) is 0 Å². The van der Waals surface area contributed by atoms with Crippen LogP contribution in [-0.4, -0.2) is 0 Å². The fourth-order valence-electron chi connectivity index (χ4n) is 1.43. The zero-order valence-electron chi connectivity index (χ0n) is 8.98. The lowest BCUT2D eigenvalue weighted by Gasteiger charge is -2.11. The molecule has 0 aliphatic rings. The number of para-hydroxylation sites is 2. The normalized spacial score (nSPS) is 10.4. The summed E-state index contributed by atoms with van der Waals surface area (Å²) in [6.07, 6.45) is 0. The third-order valence-electron chi connectivity index (χ3n) is 2.33. The van der Waals surface area contributed by atoms with Crippen molar-refractivity contribution in [3.8, 4) is 0 Å². The molecule has 18 heavy (non-hydrogen) atoms. The number of nitrogens with two attached hydrogens (primary N) is 1. The van der Waals surface area contributed by atoms with Crippen LogP contribution in [0.1, 0.15) is 0 Å². The van der Waals surface area contributed by atoms with Gasteiger partial charge < -0.3 is 11.1 Å². The Morgan fingerprint density at radius 3 is 2.00 bits per heavy atom. The maximum atomic E-state index is 13.4. The molecule has 0 saturated heterocycles. The second-order valence-corrected chi connectivity index (χ2v) is 3.56.